The molecule has 1 aliphatic rings. The van der Waals surface area contributed by atoms with Gasteiger partial charge < -0.3 is 19.2 Å². The highest BCUT2D eigenvalue weighted by Crippen LogP contribution is 2.54. The molecule has 43 heavy (non-hydrogen) atoms. The van der Waals surface area contributed by atoms with Crippen LogP contribution in [0, 0.1) is 0 Å². The molecule has 0 aliphatic carbocycles. The third-order valence-electron chi connectivity index (χ3n) is 8.80. The number of nitrogens with zero attached hydrogens (tertiary/aromatic N) is 2. The Balaban J connectivity index is 1.54. The molecule has 1 aliphatic heterocycles. The van der Waals surface area contributed by atoms with Crippen LogP contribution in [0.4, 0.5) is 17.1 Å². The Morgan fingerprint density at radius 3 is 1.84 bits per heavy atom. The van der Waals surface area contributed by atoms with Crippen LogP contribution in [0.1, 0.15) is 27.7 Å². The zero-order chi connectivity index (χ0) is 29.8. The normalized spacial score (nSPS) is 12.8. The van der Waals surface area contributed by atoms with E-state index in [1.807, 2.05) is 13.8 Å². The summed E-state index contributed by atoms with van der Waals surface area (Å²) in [6, 6.07) is 45.0. The number of benzene rings is 5. The molecule has 0 saturated carbocycles. The van der Waals surface area contributed by atoms with Crippen molar-refractivity contribution in [3.8, 4) is 28.1 Å². The smallest absolute Gasteiger partial charge is 0.330 e. The Hall–Kier alpha value is -4.58. The van der Waals surface area contributed by atoms with Gasteiger partial charge in [-0.1, -0.05) is 90.4 Å². The summed E-state index contributed by atoms with van der Waals surface area (Å²) in [5.41, 5.74) is 9.39. The molecule has 211 valence electrons. The average molecular weight is 562 g/mol. The van der Waals surface area contributed by atoms with E-state index in [2.05, 4.69) is 137 Å². The Labute approximate surface area is 254 Å². The maximum atomic E-state index is 10.7. The maximum absolute atomic E-state index is 10.7. The molecule has 0 amide bonds. The molecule has 1 N–H and O–H groups in total. The Morgan fingerprint density at radius 2 is 1.19 bits per heavy atom. The second-order valence-electron chi connectivity index (χ2n) is 12.2. The highest BCUT2D eigenvalue weighted by molar-refractivity contribution is 6.47. The van der Waals surface area contributed by atoms with Crippen LogP contribution in [-0.2, 0) is 4.65 Å². The minimum absolute atomic E-state index is 0.767. The average Bonchev–Trinajstić information content (AvgIpc) is 3.29. The zero-order valence-electron chi connectivity index (χ0n) is 25.0. The van der Waals surface area contributed by atoms with Crippen molar-refractivity contribution in [2.75, 3.05) is 4.90 Å². The molecule has 4 nitrogen and oxygen atoms in total. The van der Waals surface area contributed by atoms with Gasteiger partial charge in [-0.3, -0.25) is 0 Å². The maximum Gasteiger partial charge on any atom is 0.330 e. The first-order chi connectivity index (χ1) is 20.7. The lowest BCUT2D eigenvalue weighted by Gasteiger charge is -2.37. The molecule has 6 aromatic rings. The van der Waals surface area contributed by atoms with E-state index in [-0.39, 0.29) is 0 Å². The standard InChI is InChI=1S/C38H34BN2O2/c1-37(2,42)38(3,4)43-39-26-23-24-34-31(25-26)35-29-19-11-13-21-32(29)40(27-15-7-5-8-16-27)33-22-14-12-20-30(33)36(35)41(34)28-17-9-6-10-18-28/h5-25,42H,1-4H3. The number of anilines is 3. The molecule has 0 atom stereocenters. The van der Waals surface area contributed by atoms with Crippen molar-refractivity contribution in [3.63, 3.8) is 0 Å². The highest BCUT2D eigenvalue weighted by atomic mass is 16.5. The van der Waals surface area contributed by atoms with E-state index in [0.717, 1.165) is 55.9 Å². The monoisotopic (exact) mass is 561 g/mol. The summed E-state index contributed by atoms with van der Waals surface area (Å²) in [6.45, 7) is 7.37. The molecule has 7 rings (SSSR count). The molecule has 0 bridgehead atoms. The van der Waals surface area contributed by atoms with E-state index in [0.29, 0.717) is 0 Å². The summed E-state index contributed by atoms with van der Waals surface area (Å²) in [7, 11) is 1.77. The van der Waals surface area contributed by atoms with Gasteiger partial charge in [0, 0.05) is 33.5 Å². The topological polar surface area (TPSA) is 37.6 Å². The number of aromatic nitrogens is 1. The summed E-state index contributed by atoms with van der Waals surface area (Å²) in [6.07, 6.45) is 0. The van der Waals surface area contributed by atoms with E-state index in [1.54, 1.807) is 21.3 Å². The van der Waals surface area contributed by atoms with Crippen molar-refractivity contribution >= 4 is 40.9 Å². The van der Waals surface area contributed by atoms with Crippen LogP contribution in [0.3, 0.4) is 0 Å². The molecule has 0 spiro atoms. The third-order valence-corrected chi connectivity index (χ3v) is 8.80. The second-order valence-corrected chi connectivity index (χ2v) is 12.2. The first kappa shape index (κ1) is 27.3. The Bertz CT molecular complexity index is 1940. The number of para-hydroxylation sites is 4. The van der Waals surface area contributed by atoms with Crippen molar-refractivity contribution in [3.05, 3.63) is 127 Å². The van der Waals surface area contributed by atoms with Crippen LogP contribution in [-0.4, -0.2) is 28.4 Å². The largest absolute Gasteiger partial charge is 0.427 e. The first-order valence-electron chi connectivity index (χ1n) is 14.8. The van der Waals surface area contributed by atoms with Gasteiger partial charge in [-0.15, -0.1) is 0 Å². The van der Waals surface area contributed by atoms with Crippen molar-refractivity contribution < 1.29 is 9.76 Å². The molecule has 0 fully saturated rings. The molecule has 1 aromatic heterocycles. The fraction of sp³-hybridized carbons (Fsp3) is 0.158. The highest BCUT2D eigenvalue weighted by Gasteiger charge is 2.36. The van der Waals surface area contributed by atoms with Gasteiger partial charge in [-0.05, 0) is 70.2 Å². The number of aliphatic hydroxyl groups is 1. The predicted octanol–water partition coefficient (Wildman–Crippen LogP) is 8.56. The summed E-state index contributed by atoms with van der Waals surface area (Å²) in [4.78, 5) is 2.37. The van der Waals surface area contributed by atoms with Gasteiger partial charge in [0.05, 0.1) is 33.8 Å². The second kappa shape index (κ2) is 10.3. The minimum Gasteiger partial charge on any atom is -0.427 e. The van der Waals surface area contributed by atoms with E-state index < -0.39 is 11.2 Å². The number of rotatable bonds is 6. The Morgan fingerprint density at radius 1 is 0.628 bits per heavy atom. The molecule has 1 radical (unpaired) electrons. The van der Waals surface area contributed by atoms with Gasteiger partial charge >= 0.3 is 7.48 Å². The summed E-state index contributed by atoms with van der Waals surface area (Å²) in [5, 5.41) is 11.8. The number of hydrogen-bond donors (Lipinski definition) is 1. The van der Waals surface area contributed by atoms with Crippen LogP contribution >= 0.6 is 0 Å². The zero-order valence-corrected chi connectivity index (χ0v) is 25.0. The molecular weight excluding hydrogens is 527 g/mol. The van der Waals surface area contributed by atoms with Gasteiger partial charge in [-0.25, -0.2) is 0 Å². The van der Waals surface area contributed by atoms with Crippen molar-refractivity contribution in [2.24, 2.45) is 0 Å². The van der Waals surface area contributed by atoms with Gasteiger partial charge in [0.15, 0.2) is 0 Å². The summed E-state index contributed by atoms with van der Waals surface area (Å²) >= 11 is 0. The fourth-order valence-electron chi connectivity index (χ4n) is 5.85. The van der Waals surface area contributed by atoms with E-state index >= 15 is 0 Å². The van der Waals surface area contributed by atoms with E-state index in [4.69, 9.17) is 4.65 Å². The summed E-state index contributed by atoms with van der Waals surface area (Å²) in [5.74, 6) is 0. The first-order valence-corrected chi connectivity index (χ1v) is 14.8. The number of hydrogen-bond acceptors (Lipinski definition) is 3. The molecular formula is C38H34BN2O2. The third kappa shape index (κ3) is 4.57. The lowest BCUT2D eigenvalue weighted by Crippen LogP contribution is -2.49. The van der Waals surface area contributed by atoms with E-state index in [9.17, 15) is 5.11 Å². The summed E-state index contributed by atoms with van der Waals surface area (Å²) < 4.78 is 8.59. The van der Waals surface area contributed by atoms with Gasteiger partial charge in [0.25, 0.3) is 0 Å². The molecule has 0 saturated heterocycles. The quantitative estimate of drug-likeness (QED) is 0.207. The van der Waals surface area contributed by atoms with Crippen LogP contribution < -0.4 is 10.4 Å². The van der Waals surface area contributed by atoms with Crippen LogP contribution in [0.2, 0.25) is 0 Å². The van der Waals surface area contributed by atoms with Crippen LogP contribution in [0.15, 0.2) is 127 Å². The van der Waals surface area contributed by atoms with Crippen molar-refractivity contribution in [1.82, 2.24) is 4.57 Å². The number of fused-ring (bicyclic) bond motifs is 7. The molecule has 0 unspecified atom stereocenters. The van der Waals surface area contributed by atoms with Crippen molar-refractivity contribution in [2.45, 2.75) is 38.9 Å². The van der Waals surface area contributed by atoms with Gasteiger partial charge in [-0.2, -0.15) is 0 Å². The fourth-order valence-corrected chi connectivity index (χ4v) is 5.85. The SMILES string of the molecule is CC(C)(O)C(C)(C)O[B]c1ccc2c(c1)c1c(n2-c2ccccc2)-c2ccccc2N(c2ccccc2)c2ccccc2-1. The lowest BCUT2D eigenvalue weighted by atomic mass is 9.82. The lowest BCUT2D eigenvalue weighted by molar-refractivity contribution is -0.0893. The van der Waals surface area contributed by atoms with E-state index in [1.165, 1.54) is 5.56 Å². The minimum atomic E-state index is -1.01. The molecule has 5 aromatic carbocycles. The van der Waals surface area contributed by atoms with Crippen LogP contribution in [0.5, 0.6) is 0 Å². The van der Waals surface area contributed by atoms with Crippen LogP contribution in [0.25, 0.3) is 39.0 Å². The molecule has 2 heterocycles. The van der Waals surface area contributed by atoms with Gasteiger partial charge in [0.1, 0.15) is 0 Å². The van der Waals surface area contributed by atoms with Gasteiger partial charge in [0.2, 0.25) is 0 Å². The van der Waals surface area contributed by atoms with Crippen molar-refractivity contribution in [1.29, 1.82) is 0 Å². The molecule has 5 heteroatoms. The Kier molecular flexibility index (Phi) is 6.53. The predicted molar refractivity (Wildman–Crippen MR) is 179 cm³/mol.